The number of rotatable bonds is 4. The minimum Gasteiger partial charge on any atom is -0.468 e. The van der Waals surface area contributed by atoms with Gasteiger partial charge in [-0.05, 0) is 13.8 Å². The lowest BCUT2D eigenvalue weighted by Crippen LogP contribution is -2.21. The molecule has 0 N–H and O–H groups in total. The maximum absolute atomic E-state index is 11.6. The predicted octanol–water partition coefficient (Wildman–Crippen LogP) is 1.78. The molecule has 3 heteroatoms. The first kappa shape index (κ1) is 11.2. The van der Waals surface area contributed by atoms with Gasteiger partial charge in [-0.3, -0.25) is 4.79 Å². The van der Waals surface area contributed by atoms with Crippen molar-refractivity contribution in [2.24, 2.45) is 11.3 Å². The van der Waals surface area contributed by atoms with Crippen LogP contribution in [0.15, 0.2) is 12.2 Å². The van der Waals surface area contributed by atoms with Gasteiger partial charge in [0.25, 0.3) is 0 Å². The molecule has 0 heterocycles. The lowest BCUT2D eigenvalue weighted by molar-refractivity contribution is -0.147. The van der Waals surface area contributed by atoms with Gasteiger partial charge >= 0.3 is 5.97 Å². The summed E-state index contributed by atoms with van der Waals surface area (Å²) in [6.45, 7) is 6.48. The lowest BCUT2D eigenvalue weighted by Gasteiger charge is -2.09. The van der Waals surface area contributed by atoms with Crippen molar-refractivity contribution < 1.29 is 14.3 Å². The van der Waals surface area contributed by atoms with Crippen molar-refractivity contribution in [1.29, 1.82) is 0 Å². The molecule has 0 bridgehead atoms. The molecule has 3 nitrogen and oxygen atoms in total. The Kier molecular flexibility index (Phi) is 3.32. The van der Waals surface area contributed by atoms with Crippen molar-refractivity contribution in [2.45, 2.75) is 26.9 Å². The Morgan fingerprint density at radius 1 is 1.57 bits per heavy atom. The number of ether oxygens (including phenoxy) is 2. The van der Waals surface area contributed by atoms with Gasteiger partial charge in [-0.1, -0.05) is 19.1 Å². The summed E-state index contributed by atoms with van der Waals surface area (Å²) in [5, 5.41) is 0. The van der Waals surface area contributed by atoms with Gasteiger partial charge in [-0.25, -0.2) is 0 Å². The monoisotopic (exact) mass is 198 g/mol. The smallest absolute Gasteiger partial charge is 0.318 e. The SMILES string of the molecule is C/C=C/[C@]1(C(=O)OC)[C@H](C)[C@@H]1OCC. The third kappa shape index (κ3) is 1.46. The Labute approximate surface area is 85.1 Å². The molecule has 0 amide bonds. The van der Waals surface area contributed by atoms with Gasteiger partial charge in [0.15, 0.2) is 0 Å². The third-order valence-electron chi connectivity index (χ3n) is 2.90. The Morgan fingerprint density at radius 2 is 2.21 bits per heavy atom. The van der Waals surface area contributed by atoms with E-state index in [1.54, 1.807) is 0 Å². The molecule has 1 aliphatic carbocycles. The van der Waals surface area contributed by atoms with Crippen LogP contribution in [0.2, 0.25) is 0 Å². The van der Waals surface area contributed by atoms with Gasteiger partial charge in [0.05, 0.1) is 13.2 Å². The van der Waals surface area contributed by atoms with E-state index >= 15 is 0 Å². The van der Waals surface area contributed by atoms with E-state index in [1.165, 1.54) is 7.11 Å². The average molecular weight is 198 g/mol. The standard InChI is InChI=1S/C11H18O3/c1-5-7-11(10(12)13-4)8(3)9(11)14-6-2/h5,7-9H,6H2,1-4H3/b7-5+/t8-,9+,11+/m1/s1. The number of methoxy groups -OCH3 is 1. The molecule has 0 unspecified atom stereocenters. The summed E-state index contributed by atoms with van der Waals surface area (Å²) in [4.78, 5) is 11.6. The summed E-state index contributed by atoms with van der Waals surface area (Å²) < 4.78 is 10.3. The van der Waals surface area contributed by atoms with Gasteiger partial charge in [-0.2, -0.15) is 0 Å². The van der Waals surface area contributed by atoms with Crippen LogP contribution in [0, 0.1) is 11.3 Å². The fourth-order valence-corrected chi connectivity index (χ4v) is 2.08. The van der Waals surface area contributed by atoms with Crippen molar-refractivity contribution in [3.05, 3.63) is 12.2 Å². The van der Waals surface area contributed by atoms with Crippen LogP contribution in [0.5, 0.6) is 0 Å². The van der Waals surface area contributed by atoms with Crippen LogP contribution in [-0.2, 0) is 14.3 Å². The molecular formula is C11H18O3. The first-order valence-corrected chi connectivity index (χ1v) is 4.99. The van der Waals surface area contributed by atoms with Gasteiger partial charge in [0.1, 0.15) is 5.41 Å². The molecule has 0 saturated heterocycles. The van der Waals surface area contributed by atoms with Crippen LogP contribution in [0.1, 0.15) is 20.8 Å². The first-order valence-electron chi connectivity index (χ1n) is 4.99. The molecule has 80 valence electrons. The number of hydrogen-bond acceptors (Lipinski definition) is 3. The Hall–Kier alpha value is -0.830. The van der Waals surface area contributed by atoms with E-state index in [0.29, 0.717) is 6.61 Å². The Bertz CT molecular complexity index is 247. The number of carbonyl (C=O) groups excluding carboxylic acids is 1. The van der Waals surface area contributed by atoms with Gasteiger partial charge < -0.3 is 9.47 Å². The molecule has 0 aromatic rings. The Morgan fingerprint density at radius 3 is 2.64 bits per heavy atom. The zero-order valence-corrected chi connectivity index (χ0v) is 9.24. The van der Waals surface area contributed by atoms with E-state index < -0.39 is 5.41 Å². The molecule has 0 aromatic carbocycles. The maximum Gasteiger partial charge on any atom is 0.318 e. The molecule has 1 rings (SSSR count). The molecule has 1 aliphatic rings. The first-order chi connectivity index (χ1) is 6.65. The highest BCUT2D eigenvalue weighted by Crippen LogP contribution is 2.56. The van der Waals surface area contributed by atoms with Crippen LogP contribution >= 0.6 is 0 Å². The number of hydrogen-bond donors (Lipinski definition) is 0. The molecule has 0 spiro atoms. The molecule has 14 heavy (non-hydrogen) atoms. The second kappa shape index (κ2) is 4.13. The number of allylic oxidation sites excluding steroid dienone is 1. The van der Waals surface area contributed by atoms with Gasteiger partial charge in [0.2, 0.25) is 0 Å². The summed E-state index contributed by atoms with van der Waals surface area (Å²) in [5.41, 5.74) is -0.528. The third-order valence-corrected chi connectivity index (χ3v) is 2.90. The second-order valence-corrected chi connectivity index (χ2v) is 3.59. The van der Waals surface area contributed by atoms with Crippen LogP contribution < -0.4 is 0 Å². The fourth-order valence-electron chi connectivity index (χ4n) is 2.08. The van der Waals surface area contributed by atoms with Crippen molar-refractivity contribution in [1.82, 2.24) is 0 Å². The van der Waals surface area contributed by atoms with Gasteiger partial charge in [0, 0.05) is 12.5 Å². The highest BCUT2D eigenvalue weighted by Gasteiger charge is 2.67. The summed E-state index contributed by atoms with van der Waals surface area (Å²) in [6.07, 6.45) is 3.76. The predicted molar refractivity (Wildman–Crippen MR) is 53.8 cm³/mol. The summed E-state index contributed by atoms with van der Waals surface area (Å²) in [7, 11) is 1.42. The van der Waals surface area contributed by atoms with Gasteiger partial charge in [-0.15, -0.1) is 0 Å². The Balaban J connectivity index is 2.81. The van der Waals surface area contributed by atoms with Crippen LogP contribution in [0.4, 0.5) is 0 Å². The fraction of sp³-hybridized carbons (Fsp3) is 0.727. The largest absolute Gasteiger partial charge is 0.468 e. The number of esters is 1. The van der Waals surface area contributed by atoms with Crippen LogP contribution in [0.25, 0.3) is 0 Å². The average Bonchev–Trinajstić information content (AvgIpc) is 2.74. The summed E-state index contributed by atoms with van der Waals surface area (Å²) in [5.74, 6) is 0.0210. The van der Waals surface area contributed by atoms with Crippen molar-refractivity contribution in [3.8, 4) is 0 Å². The molecule has 1 fully saturated rings. The zero-order valence-electron chi connectivity index (χ0n) is 9.24. The van der Waals surface area contributed by atoms with Crippen molar-refractivity contribution in [2.75, 3.05) is 13.7 Å². The van der Waals surface area contributed by atoms with Crippen LogP contribution in [0.3, 0.4) is 0 Å². The van der Waals surface area contributed by atoms with E-state index in [9.17, 15) is 4.79 Å². The van der Waals surface area contributed by atoms with Crippen molar-refractivity contribution >= 4 is 5.97 Å². The highest BCUT2D eigenvalue weighted by molar-refractivity contribution is 5.84. The summed E-state index contributed by atoms with van der Waals surface area (Å²) >= 11 is 0. The van der Waals surface area contributed by atoms with E-state index in [-0.39, 0.29) is 18.0 Å². The summed E-state index contributed by atoms with van der Waals surface area (Å²) in [6, 6.07) is 0. The van der Waals surface area contributed by atoms with E-state index in [1.807, 2.05) is 32.9 Å². The minimum absolute atomic E-state index is 0.0175. The van der Waals surface area contributed by atoms with E-state index in [0.717, 1.165) is 0 Å². The van der Waals surface area contributed by atoms with Crippen LogP contribution in [-0.4, -0.2) is 25.8 Å². The topological polar surface area (TPSA) is 35.5 Å². The second-order valence-electron chi connectivity index (χ2n) is 3.59. The normalized spacial score (nSPS) is 36.0. The molecule has 0 radical (unpaired) electrons. The van der Waals surface area contributed by atoms with E-state index in [4.69, 9.17) is 9.47 Å². The van der Waals surface area contributed by atoms with Crippen molar-refractivity contribution in [3.63, 3.8) is 0 Å². The quantitative estimate of drug-likeness (QED) is 0.510. The molecule has 1 saturated carbocycles. The molecular weight excluding hydrogens is 180 g/mol. The molecule has 0 aliphatic heterocycles. The number of carbonyl (C=O) groups is 1. The molecule has 3 atom stereocenters. The zero-order chi connectivity index (χ0) is 10.8. The lowest BCUT2D eigenvalue weighted by atomic mass is 10.0. The maximum atomic E-state index is 11.6. The highest BCUT2D eigenvalue weighted by atomic mass is 16.5. The molecule has 0 aromatic heterocycles. The van der Waals surface area contributed by atoms with E-state index in [2.05, 4.69) is 0 Å². The minimum atomic E-state index is -0.528.